The number of hydrogen-bond acceptors (Lipinski definition) is 7. The predicted molar refractivity (Wildman–Crippen MR) is 71.6 cm³/mol. The molecule has 0 fully saturated rings. The van der Waals surface area contributed by atoms with E-state index >= 15 is 0 Å². The monoisotopic (exact) mass is 286 g/mol. The van der Waals surface area contributed by atoms with Crippen molar-refractivity contribution in [1.29, 1.82) is 5.26 Å². The Kier molecular flexibility index (Phi) is 3.71. The van der Waals surface area contributed by atoms with Gasteiger partial charge in [0.15, 0.2) is 17.3 Å². The van der Waals surface area contributed by atoms with Crippen LogP contribution in [0.25, 0.3) is 0 Å². The molecule has 1 atom stereocenters. The first-order valence-electron chi connectivity index (χ1n) is 6.52. The lowest BCUT2D eigenvalue weighted by Gasteiger charge is -2.23. The van der Waals surface area contributed by atoms with E-state index < -0.39 is 6.10 Å². The van der Waals surface area contributed by atoms with Gasteiger partial charge in [-0.3, -0.25) is 4.90 Å². The van der Waals surface area contributed by atoms with Gasteiger partial charge in [0.2, 0.25) is 6.10 Å². The lowest BCUT2D eigenvalue weighted by Crippen LogP contribution is -2.22. The summed E-state index contributed by atoms with van der Waals surface area (Å²) in [5.74, 6) is 2.27. The fraction of sp³-hybridized carbons (Fsp3) is 0.357. The molecule has 0 saturated carbocycles. The Labute approximate surface area is 121 Å². The van der Waals surface area contributed by atoms with Crippen molar-refractivity contribution in [2.75, 3.05) is 20.2 Å². The largest absolute Gasteiger partial charge is 0.485 e. The third-order valence-corrected chi connectivity index (χ3v) is 3.02. The number of rotatable bonds is 4. The summed E-state index contributed by atoms with van der Waals surface area (Å²) in [6.07, 6.45) is -0.414. The predicted octanol–water partition coefficient (Wildman–Crippen LogP) is 1.54. The molecular formula is C14H14N4O3. The van der Waals surface area contributed by atoms with E-state index in [1.165, 1.54) is 0 Å². The Balaban J connectivity index is 1.69. The first kappa shape index (κ1) is 13.4. The Morgan fingerprint density at radius 1 is 1.38 bits per heavy atom. The maximum absolute atomic E-state index is 8.62. The average molecular weight is 286 g/mol. The first-order chi connectivity index (χ1) is 10.3. The molecule has 1 aliphatic rings. The summed E-state index contributed by atoms with van der Waals surface area (Å²) >= 11 is 0. The van der Waals surface area contributed by atoms with Crippen LogP contribution in [0.5, 0.6) is 11.5 Å². The number of benzene rings is 1. The third kappa shape index (κ3) is 2.95. The normalized spacial score (nSPS) is 16.7. The molecule has 2 aromatic rings. The number of fused-ring (bicyclic) bond motifs is 1. The van der Waals surface area contributed by atoms with Gasteiger partial charge in [-0.05, 0) is 19.2 Å². The number of hydrogen-bond donors (Lipinski definition) is 0. The lowest BCUT2D eigenvalue weighted by molar-refractivity contribution is 0.0665. The van der Waals surface area contributed by atoms with Crippen molar-refractivity contribution in [3.05, 3.63) is 36.0 Å². The second-order valence-corrected chi connectivity index (χ2v) is 4.74. The highest BCUT2D eigenvalue weighted by Gasteiger charge is 2.27. The topological polar surface area (TPSA) is 84.4 Å². The molecule has 1 aliphatic heterocycles. The Morgan fingerprint density at radius 2 is 2.19 bits per heavy atom. The third-order valence-electron chi connectivity index (χ3n) is 3.02. The Bertz CT molecular complexity index is 664. The number of para-hydroxylation sites is 2. The van der Waals surface area contributed by atoms with Gasteiger partial charge in [0.05, 0.1) is 19.2 Å². The summed E-state index contributed by atoms with van der Waals surface area (Å²) in [6.45, 7) is 1.08. The summed E-state index contributed by atoms with van der Waals surface area (Å²) in [7, 11) is 1.82. The molecule has 0 unspecified atom stereocenters. The second kappa shape index (κ2) is 5.81. The van der Waals surface area contributed by atoms with E-state index in [9.17, 15) is 0 Å². The van der Waals surface area contributed by atoms with E-state index in [1.54, 1.807) is 4.90 Å². The minimum absolute atomic E-state index is 0.306. The van der Waals surface area contributed by atoms with Crippen molar-refractivity contribution in [3.63, 3.8) is 0 Å². The van der Waals surface area contributed by atoms with Crippen LogP contribution >= 0.6 is 0 Å². The van der Waals surface area contributed by atoms with Crippen LogP contribution in [0.2, 0.25) is 0 Å². The second-order valence-electron chi connectivity index (χ2n) is 4.74. The maximum Gasteiger partial charge on any atom is 0.271 e. The van der Waals surface area contributed by atoms with Crippen LogP contribution < -0.4 is 9.47 Å². The molecule has 7 heteroatoms. The fourth-order valence-corrected chi connectivity index (χ4v) is 2.02. The van der Waals surface area contributed by atoms with Crippen molar-refractivity contribution in [1.82, 2.24) is 15.0 Å². The fourth-order valence-electron chi connectivity index (χ4n) is 2.02. The Hall–Kier alpha value is -2.59. The van der Waals surface area contributed by atoms with E-state index in [4.69, 9.17) is 19.3 Å². The van der Waals surface area contributed by atoms with E-state index in [0.29, 0.717) is 42.9 Å². The molecule has 0 amide bonds. The molecule has 0 radical (unpaired) electrons. The summed E-state index contributed by atoms with van der Waals surface area (Å²) in [5.41, 5.74) is 0. The quantitative estimate of drug-likeness (QED) is 0.788. The van der Waals surface area contributed by atoms with Gasteiger partial charge >= 0.3 is 0 Å². The highest BCUT2D eigenvalue weighted by atomic mass is 16.6. The van der Waals surface area contributed by atoms with Gasteiger partial charge in [-0.1, -0.05) is 17.3 Å². The standard InChI is InChI=1S/C14H14N4O3/c1-18(7-6-15)8-13-16-14(21-17-13)12-9-19-10-4-2-3-5-11(10)20-12/h2-5,12H,7-9H2,1H3/t12-/m0/s1. The van der Waals surface area contributed by atoms with Gasteiger partial charge in [-0.25, -0.2) is 0 Å². The van der Waals surface area contributed by atoms with Crippen LogP contribution in [0.1, 0.15) is 17.8 Å². The lowest BCUT2D eigenvalue weighted by atomic mass is 10.2. The van der Waals surface area contributed by atoms with E-state index in [0.717, 1.165) is 0 Å². The van der Waals surface area contributed by atoms with Crippen LogP contribution in [-0.2, 0) is 6.54 Å². The SMILES string of the molecule is CN(CC#N)Cc1noc([C@@H]2COc3ccccc3O2)n1. The van der Waals surface area contributed by atoms with E-state index in [-0.39, 0.29) is 0 Å². The molecule has 1 aromatic carbocycles. The molecule has 1 aromatic heterocycles. The molecular weight excluding hydrogens is 272 g/mol. The van der Waals surface area contributed by atoms with Crippen LogP contribution in [-0.4, -0.2) is 35.2 Å². The highest BCUT2D eigenvalue weighted by Crippen LogP contribution is 2.35. The molecule has 0 spiro atoms. The van der Waals surface area contributed by atoms with Crippen molar-refractivity contribution < 1.29 is 14.0 Å². The van der Waals surface area contributed by atoms with Crippen LogP contribution in [0.15, 0.2) is 28.8 Å². The summed E-state index contributed by atoms with van der Waals surface area (Å²) in [4.78, 5) is 6.09. The molecule has 21 heavy (non-hydrogen) atoms. The van der Waals surface area contributed by atoms with Crippen molar-refractivity contribution in [3.8, 4) is 17.6 Å². The zero-order valence-corrected chi connectivity index (χ0v) is 11.5. The van der Waals surface area contributed by atoms with E-state index in [1.807, 2.05) is 31.3 Å². The molecule has 0 aliphatic carbocycles. The zero-order chi connectivity index (χ0) is 14.7. The summed E-state index contributed by atoms with van der Waals surface area (Å²) in [6, 6.07) is 9.51. The molecule has 0 bridgehead atoms. The molecule has 108 valence electrons. The van der Waals surface area contributed by atoms with Gasteiger partial charge in [-0.15, -0.1) is 0 Å². The van der Waals surface area contributed by atoms with Gasteiger partial charge in [0, 0.05) is 0 Å². The molecule has 3 rings (SSSR count). The minimum Gasteiger partial charge on any atom is -0.485 e. The smallest absolute Gasteiger partial charge is 0.271 e. The number of nitrogens with zero attached hydrogens (tertiary/aromatic N) is 4. The minimum atomic E-state index is -0.414. The summed E-state index contributed by atoms with van der Waals surface area (Å²) in [5, 5.41) is 12.5. The van der Waals surface area contributed by atoms with Crippen molar-refractivity contribution in [2.45, 2.75) is 12.6 Å². The molecule has 0 N–H and O–H groups in total. The van der Waals surface area contributed by atoms with Gasteiger partial charge < -0.3 is 14.0 Å². The molecule has 0 saturated heterocycles. The Morgan fingerprint density at radius 3 is 3.00 bits per heavy atom. The number of ether oxygens (including phenoxy) is 2. The van der Waals surface area contributed by atoms with Crippen LogP contribution in [0, 0.1) is 11.3 Å². The average Bonchev–Trinajstić information content (AvgIpc) is 2.95. The number of nitriles is 1. The number of aromatic nitrogens is 2. The highest BCUT2D eigenvalue weighted by molar-refractivity contribution is 5.40. The van der Waals surface area contributed by atoms with Crippen molar-refractivity contribution in [2.24, 2.45) is 0 Å². The van der Waals surface area contributed by atoms with Crippen molar-refractivity contribution >= 4 is 0 Å². The van der Waals surface area contributed by atoms with Gasteiger partial charge in [0.25, 0.3) is 5.89 Å². The molecule has 7 nitrogen and oxygen atoms in total. The zero-order valence-electron chi connectivity index (χ0n) is 11.5. The first-order valence-corrected chi connectivity index (χ1v) is 6.52. The van der Waals surface area contributed by atoms with Gasteiger partial charge in [-0.2, -0.15) is 10.2 Å². The van der Waals surface area contributed by atoms with E-state index in [2.05, 4.69) is 16.2 Å². The summed E-state index contributed by atoms with van der Waals surface area (Å²) < 4.78 is 16.6. The maximum atomic E-state index is 8.62. The molecule has 2 heterocycles. The van der Waals surface area contributed by atoms with Crippen LogP contribution in [0.4, 0.5) is 0 Å². The van der Waals surface area contributed by atoms with Gasteiger partial charge in [0.1, 0.15) is 6.61 Å². The van der Waals surface area contributed by atoms with Crippen LogP contribution in [0.3, 0.4) is 0 Å².